The molecular formula is C13H20O10. The van der Waals surface area contributed by atoms with Crippen molar-refractivity contribution in [1.82, 2.24) is 0 Å². The topological polar surface area (TPSA) is 177 Å². The van der Waals surface area contributed by atoms with Crippen molar-refractivity contribution in [3.05, 3.63) is 11.6 Å². The van der Waals surface area contributed by atoms with Crippen molar-refractivity contribution in [2.24, 2.45) is 0 Å². The minimum atomic E-state index is -1.78. The van der Waals surface area contributed by atoms with Gasteiger partial charge in [-0.3, -0.25) is 4.79 Å². The molecule has 10 nitrogen and oxygen atoms in total. The number of rotatable bonds is 4. The van der Waals surface area contributed by atoms with E-state index in [4.69, 9.17) is 14.6 Å². The van der Waals surface area contributed by atoms with Gasteiger partial charge in [0.25, 0.3) is 0 Å². The lowest BCUT2D eigenvalue weighted by molar-refractivity contribution is -0.315. The number of ketones is 1. The summed E-state index contributed by atoms with van der Waals surface area (Å²) < 4.78 is 10.4. The Morgan fingerprint density at radius 3 is 2.22 bits per heavy atom. The molecule has 0 aromatic carbocycles. The van der Waals surface area contributed by atoms with Crippen LogP contribution in [0.2, 0.25) is 0 Å². The van der Waals surface area contributed by atoms with Crippen LogP contribution in [-0.2, 0) is 14.3 Å². The number of hydrogen-bond donors (Lipinski definition) is 7. The highest BCUT2D eigenvalue weighted by Crippen LogP contribution is 2.27. The van der Waals surface area contributed by atoms with Crippen molar-refractivity contribution >= 4 is 5.78 Å². The molecule has 0 radical (unpaired) electrons. The lowest BCUT2D eigenvalue weighted by Gasteiger charge is -2.42. The number of ether oxygens (including phenoxy) is 2. The molecule has 0 amide bonds. The van der Waals surface area contributed by atoms with Gasteiger partial charge in [0.1, 0.15) is 42.7 Å². The van der Waals surface area contributed by atoms with E-state index in [0.717, 1.165) is 6.08 Å². The summed E-state index contributed by atoms with van der Waals surface area (Å²) >= 11 is 0. The van der Waals surface area contributed by atoms with Crippen LogP contribution in [0.1, 0.15) is 0 Å². The van der Waals surface area contributed by atoms with E-state index in [1.54, 1.807) is 0 Å². The van der Waals surface area contributed by atoms with E-state index in [2.05, 4.69) is 0 Å². The summed E-state index contributed by atoms with van der Waals surface area (Å²) in [5.41, 5.74) is -0.0511. The number of aliphatic hydroxyl groups excluding tert-OH is 7. The molecule has 2 rings (SSSR count). The quantitative estimate of drug-likeness (QED) is 0.264. The fourth-order valence-corrected chi connectivity index (χ4v) is 2.53. The first kappa shape index (κ1) is 18.4. The molecule has 8 atom stereocenters. The zero-order chi connectivity index (χ0) is 17.3. The minimum Gasteiger partial charge on any atom is -0.394 e. The Hall–Kier alpha value is -0.950. The number of carbonyl (C=O) groups is 1. The number of aliphatic hydroxyl groups is 7. The molecule has 0 bridgehead atoms. The van der Waals surface area contributed by atoms with Crippen LogP contribution in [0, 0.1) is 0 Å². The van der Waals surface area contributed by atoms with Gasteiger partial charge in [0.05, 0.1) is 13.2 Å². The standard InChI is InChI=1S/C13H20O10/c14-2-4-1-5(16)7(17)10(20)12(4)23-13-11(21)9(19)8(18)6(3-15)22-13/h1,6-15,17-21H,2-3H2/t6?,7?,8-,9+,10?,11?,12?,13-/m1/s1. The summed E-state index contributed by atoms with van der Waals surface area (Å²) in [7, 11) is 0. The van der Waals surface area contributed by atoms with E-state index in [1.807, 2.05) is 0 Å². The van der Waals surface area contributed by atoms with E-state index < -0.39 is 68.0 Å². The fourth-order valence-electron chi connectivity index (χ4n) is 2.53. The van der Waals surface area contributed by atoms with Crippen LogP contribution >= 0.6 is 0 Å². The Labute approximate surface area is 130 Å². The normalized spacial score (nSPS) is 45.0. The van der Waals surface area contributed by atoms with Crippen LogP contribution in [0.3, 0.4) is 0 Å². The molecule has 132 valence electrons. The van der Waals surface area contributed by atoms with Crippen LogP contribution in [0.4, 0.5) is 0 Å². The first-order chi connectivity index (χ1) is 10.8. The lowest BCUT2D eigenvalue weighted by atomic mass is 9.90. The molecule has 23 heavy (non-hydrogen) atoms. The monoisotopic (exact) mass is 336 g/mol. The lowest BCUT2D eigenvalue weighted by Crippen LogP contribution is -2.61. The van der Waals surface area contributed by atoms with Gasteiger partial charge in [0.15, 0.2) is 12.1 Å². The highest BCUT2D eigenvalue weighted by atomic mass is 16.7. The van der Waals surface area contributed by atoms with E-state index >= 15 is 0 Å². The molecule has 0 spiro atoms. The van der Waals surface area contributed by atoms with Crippen molar-refractivity contribution in [3.8, 4) is 0 Å². The van der Waals surface area contributed by atoms with Crippen molar-refractivity contribution in [2.45, 2.75) is 49.0 Å². The Morgan fingerprint density at radius 2 is 1.65 bits per heavy atom. The average molecular weight is 336 g/mol. The first-order valence-electron chi connectivity index (χ1n) is 6.99. The highest BCUT2D eigenvalue weighted by molar-refractivity contribution is 5.95. The molecule has 1 heterocycles. The largest absolute Gasteiger partial charge is 0.394 e. The molecule has 1 aliphatic carbocycles. The third kappa shape index (κ3) is 3.45. The zero-order valence-electron chi connectivity index (χ0n) is 12.0. The van der Waals surface area contributed by atoms with Crippen molar-refractivity contribution in [2.75, 3.05) is 13.2 Å². The maximum Gasteiger partial charge on any atom is 0.187 e. The summed E-state index contributed by atoms with van der Waals surface area (Å²) in [6.07, 6.45) is -11.7. The van der Waals surface area contributed by atoms with Crippen molar-refractivity contribution in [3.63, 3.8) is 0 Å². The second kappa shape index (κ2) is 7.30. The van der Waals surface area contributed by atoms with Gasteiger partial charge in [-0.15, -0.1) is 0 Å². The average Bonchev–Trinajstić information content (AvgIpc) is 2.55. The maximum absolute atomic E-state index is 11.4. The molecule has 0 aromatic heterocycles. The second-order valence-corrected chi connectivity index (χ2v) is 5.47. The van der Waals surface area contributed by atoms with Crippen molar-refractivity contribution in [1.29, 1.82) is 0 Å². The molecule has 7 N–H and O–H groups in total. The van der Waals surface area contributed by atoms with Crippen LogP contribution in [0.15, 0.2) is 11.6 Å². The molecule has 5 unspecified atom stereocenters. The summed E-state index contributed by atoms with van der Waals surface area (Å²) in [6.45, 7) is -1.32. The van der Waals surface area contributed by atoms with Crippen LogP contribution in [0.25, 0.3) is 0 Å². The number of carbonyl (C=O) groups excluding carboxylic acids is 1. The maximum atomic E-state index is 11.4. The third-order valence-electron chi connectivity index (χ3n) is 3.93. The first-order valence-corrected chi connectivity index (χ1v) is 6.99. The molecule has 10 heteroatoms. The van der Waals surface area contributed by atoms with E-state index in [1.165, 1.54) is 0 Å². The Kier molecular flexibility index (Phi) is 5.84. The zero-order valence-corrected chi connectivity index (χ0v) is 12.0. The summed E-state index contributed by atoms with van der Waals surface area (Å²) in [6, 6.07) is 0. The van der Waals surface area contributed by atoms with Crippen LogP contribution in [-0.4, -0.2) is 104 Å². The van der Waals surface area contributed by atoms with Crippen molar-refractivity contribution < 1.29 is 50.0 Å². The summed E-state index contributed by atoms with van der Waals surface area (Å²) in [5.74, 6) is -0.810. The molecule has 1 saturated heterocycles. The molecule has 1 fully saturated rings. The number of hydrogen-bond acceptors (Lipinski definition) is 10. The van der Waals surface area contributed by atoms with Gasteiger partial charge in [0.2, 0.25) is 0 Å². The Bertz CT molecular complexity index is 464. The van der Waals surface area contributed by atoms with E-state index in [-0.39, 0.29) is 5.57 Å². The molecular weight excluding hydrogens is 316 g/mol. The van der Waals surface area contributed by atoms with E-state index in [0.29, 0.717) is 0 Å². The van der Waals surface area contributed by atoms with Gasteiger partial charge in [-0.25, -0.2) is 0 Å². The smallest absolute Gasteiger partial charge is 0.187 e. The second-order valence-electron chi connectivity index (χ2n) is 5.47. The summed E-state index contributed by atoms with van der Waals surface area (Å²) in [4.78, 5) is 11.4. The Morgan fingerprint density at radius 1 is 1.00 bits per heavy atom. The molecule has 0 saturated carbocycles. The van der Waals surface area contributed by atoms with Gasteiger partial charge in [0, 0.05) is 0 Å². The van der Waals surface area contributed by atoms with Gasteiger partial charge < -0.3 is 45.2 Å². The SMILES string of the molecule is O=C1C=C(CO)C(O[C@H]2OC(CO)[C@@H](O)[C@H](O)C2O)C(O)C1O. The Balaban J connectivity index is 2.19. The molecule has 2 aliphatic rings. The van der Waals surface area contributed by atoms with Gasteiger partial charge in [-0.1, -0.05) is 0 Å². The van der Waals surface area contributed by atoms with Crippen LogP contribution in [0.5, 0.6) is 0 Å². The predicted octanol–water partition coefficient (Wildman–Crippen LogP) is -4.61. The third-order valence-corrected chi connectivity index (χ3v) is 3.93. The highest BCUT2D eigenvalue weighted by Gasteiger charge is 2.47. The predicted molar refractivity (Wildman–Crippen MR) is 70.8 cm³/mol. The summed E-state index contributed by atoms with van der Waals surface area (Å²) in [5, 5.41) is 67.1. The molecule has 0 aromatic rings. The van der Waals surface area contributed by atoms with Gasteiger partial charge in [-0.2, -0.15) is 0 Å². The van der Waals surface area contributed by atoms with Gasteiger partial charge >= 0.3 is 0 Å². The van der Waals surface area contributed by atoms with Crippen LogP contribution < -0.4 is 0 Å². The van der Waals surface area contributed by atoms with E-state index in [9.17, 15) is 35.4 Å². The van der Waals surface area contributed by atoms with Gasteiger partial charge in [-0.05, 0) is 11.6 Å². The minimum absolute atomic E-state index is 0.0511. The molecule has 1 aliphatic heterocycles. The fraction of sp³-hybridized carbons (Fsp3) is 0.769.